The summed E-state index contributed by atoms with van der Waals surface area (Å²) in [6.45, 7) is 1.27. The van der Waals surface area contributed by atoms with Gasteiger partial charge in [-0.25, -0.2) is 0 Å². The van der Waals surface area contributed by atoms with E-state index in [2.05, 4.69) is 6.07 Å². The molecule has 2 heterocycles. The van der Waals surface area contributed by atoms with Crippen molar-refractivity contribution >= 4 is 11.8 Å². The lowest BCUT2D eigenvalue weighted by atomic mass is 9.91. The number of fused-ring (bicyclic) bond motifs is 2. The van der Waals surface area contributed by atoms with Crippen molar-refractivity contribution in [1.82, 2.24) is 9.80 Å². The Balaban J connectivity index is 1.46. The fourth-order valence-electron chi connectivity index (χ4n) is 3.79. The number of nitrogens with zero attached hydrogens (tertiary/aromatic N) is 2. The molecule has 2 aromatic rings. The molecular formula is C21H22N2O3. The van der Waals surface area contributed by atoms with E-state index in [9.17, 15) is 9.59 Å². The molecule has 1 saturated heterocycles. The summed E-state index contributed by atoms with van der Waals surface area (Å²) >= 11 is 0. The van der Waals surface area contributed by atoms with Crippen molar-refractivity contribution in [2.75, 3.05) is 20.2 Å². The minimum Gasteiger partial charge on any atom is -0.497 e. The Morgan fingerprint density at radius 2 is 1.73 bits per heavy atom. The predicted molar refractivity (Wildman–Crippen MR) is 97.8 cm³/mol. The largest absolute Gasteiger partial charge is 0.497 e. The van der Waals surface area contributed by atoms with Crippen molar-refractivity contribution in [1.29, 1.82) is 0 Å². The van der Waals surface area contributed by atoms with Crippen LogP contribution >= 0.6 is 0 Å². The van der Waals surface area contributed by atoms with Gasteiger partial charge in [0.2, 0.25) is 11.8 Å². The molecular weight excluding hydrogens is 328 g/mol. The molecule has 0 aromatic heterocycles. The normalized spacial score (nSPS) is 19.2. The van der Waals surface area contributed by atoms with E-state index >= 15 is 0 Å². The van der Waals surface area contributed by atoms with Crippen molar-refractivity contribution in [2.45, 2.75) is 25.4 Å². The van der Waals surface area contributed by atoms with Gasteiger partial charge in [0.1, 0.15) is 11.8 Å². The monoisotopic (exact) mass is 350 g/mol. The summed E-state index contributed by atoms with van der Waals surface area (Å²) in [7, 11) is 1.64. The van der Waals surface area contributed by atoms with Crippen molar-refractivity contribution in [2.24, 2.45) is 0 Å². The molecule has 0 bridgehead atoms. The van der Waals surface area contributed by atoms with Crippen molar-refractivity contribution in [3.63, 3.8) is 0 Å². The average Bonchev–Trinajstić information content (AvgIpc) is 2.69. The summed E-state index contributed by atoms with van der Waals surface area (Å²) in [6, 6.07) is 15.5. The van der Waals surface area contributed by atoms with Gasteiger partial charge in [0.25, 0.3) is 0 Å². The average molecular weight is 350 g/mol. The van der Waals surface area contributed by atoms with Gasteiger partial charge < -0.3 is 14.5 Å². The summed E-state index contributed by atoms with van der Waals surface area (Å²) in [5.74, 6) is 0.918. The highest BCUT2D eigenvalue weighted by atomic mass is 16.5. The van der Waals surface area contributed by atoms with E-state index in [0.29, 0.717) is 19.5 Å². The Morgan fingerprint density at radius 3 is 2.46 bits per heavy atom. The lowest BCUT2D eigenvalue weighted by Crippen LogP contribution is -2.61. The highest BCUT2D eigenvalue weighted by Crippen LogP contribution is 2.27. The van der Waals surface area contributed by atoms with Crippen LogP contribution in [0.2, 0.25) is 0 Å². The molecule has 2 amide bonds. The zero-order chi connectivity index (χ0) is 18.1. The van der Waals surface area contributed by atoms with E-state index < -0.39 is 0 Å². The van der Waals surface area contributed by atoms with Crippen LogP contribution in [0, 0.1) is 0 Å². The zero-order valence-corrected chi connectivity index (χ0v) is 14.9. The molecule has 4 rings (SSSR count). The number of piperazine rings is 1. The van der Waals surface area contributed by atoms with Crippen LogP contribution in [0.5, 0.6) is 5.75 Å². The molecule has 2 aromatic carbocycles. The van der Waals surface area contributed by atoms with E-state index in [4.69, 9.17) is 4.74 Å². The van der Waals surface area contributed by atoms with Gasteiger partial charge in [0, 0.05) is 19.5 Å². The molecule has 0 saturated carbocycles. The van der Waals surface area contributed by atoms with Gasteiger partial charge in [-0.15, -0.1) is 0 Å². The Kier molecular flexibility index (Phi) is 4.37. The number of carbonyl (C=O) groups is 2. The van der Waals surface area contributed by atoms with Crippen molar-refractivity contribution in [3.05, 3.63) is 65.2 Å². The van der Waals surface area contributed by atoms with Crippen LogP contribution in [-0.4, -0.2) is 47.9 Å². The minimum absolute atomic E-state index is 0.0406. The molecule has 0 spiro atoms. The Labute approximate surface area is 153 Å². The van der Waals surface area contributed by atoms with Crippen LogP contribution in [0.25, 0.3) is 0 Å². The lowest BCUT2D eigenvalue weighted by Gasteiger charge is -2.43. The van der Waals surface area contributed by atoms with E-state index in [1.54, 1.807) is 16.9 Å². The zero-order valence-electron chi connectivity index (χ0n) is 14.9. The third kappa shape index (κ3) is 3.05. The fraction of sp³-hybridized carbons (Fsp3) is 0.333. The fourth-order valence-corrected chi connectivity index (χ4v) is 3.79. The van der Waals surface area contributed by atoms with Gasteiger partial charge in [-0.1, -0.05) is 36.4 Å². The number of hydrogen-bond donors (Lipinski definition) is 0. The molecule has 2 aliphatic heterocycles. The Bertz CT molecular complexity index is 831. The first-order valence-electron chi connectivity index (χ1n) is 8.93. The number of methoxy groups -OCH3 is 1. The maximum atomic E-state index is 12.9. The molecule has 1 atom stereocenters. The van der Waals surface area contributed by atoms with Crippen LogP contribution in [0.4, 0.5) is 0 Å². The highest BCUT2D eigenvalue weighted by Gasteiger charge is 2.41. The first-order chi connectivity index (χ1) is 12.7. The van der Waals surface area contributed by atoms with E-state index in [1.807, 2.05) is 42.5 Å². The molecule has 0 radical (unpaired) electrons. The minimum atomic E-state index is -0.359. The number of hydrogen-bond acceptors (Lipinski definition) is 3. The summed E-state index contributed by atoms with van der Waals surface area (Å²) in [5, 5.41) is 0. The van der Waals surface area contributed by atoms with Crippen LogP contribution in [-0.2, 0) is 29.0 Å². The van der Waals surface area contributed by atoms with Gasteiger partial charge in [-0.05, 0) is 35.2 Å². The molecule has 5 heteroatoms. The molecule has 5 nitrogen and oxygen atoms in total. The van der Waals surface area contributed by atoms with Crippen LogP contribution < -0.4 is 4.74 Å². The maximum absolute atomic E-state index is 12.9. The smallest absolute Gasteiger partial charge is 0.246 e. The second-order valence-corrected chi connectivity index (χ2v) is 6.87. The van der Waals surface area contributed by atoms with Crippen LogP contribution in [0.1, 0.15) is 16.7 Å². The summed E-state index contributed by atoms with van der Waals surface area (Å²) in [4.78, 5) is 29.0. The van der Waals surface area contributed by atoms with Crippen molar-refractivity contribution in [3.8, 4) is 5.75 Å². The molecule has 134 valence electrons. The standard InChI is InChI=1S/C21H22N2O3/c1-26-18-8-6-15(7-9-18)10-11-22-14-20(24)23-13-17-5-3-2-4-16(17)12-19(23)21(22)25/h2-9,19H,10-14H2,1H3. The SMILES string of the molecule is COc1ccc(CCN2CC(=O)N3Cc4ccccc4CC3C2=O)cc1. The molecule has 0 N–H and O–H groups in total. The van der Waals surface area contributed by atoms with Crippen LogP contribution in [0.15, 0.2) is 48.5 Å². The molecule has 2 aliphatic rings. The quantitative estimate of drug-likeness (QED) is 0.848. The molecule has 1 unspecified atom stereocenters. The second kappa shape index (κ2) is 6.83. The number of ether oxygens (including phenoxy) is 1. The molecule has 1 fully saturated rings. The third-order valence-electron chi connectivity index (χ3n) is 5.32. The highest BCUT2D eigenvalue weighted by molar-refractivity contribution is 5.95. The first-order valence-corrected chi connectivity index (χ1v) is 8.93. The number of rotatable bonds is 4. The maximum Gasteiger partial charge on any atom is 0.246 e. The number of benzene rings is 2. The lowest BCUT2D eigenvalue weighted by molar-refractivity contribution is -0.157. The van der Waals surface area contributed by atoms with Crippen molar-refractivity contribution < 1.29 is 14.3 Å². The van der Waals surface area contributed by atoms with Gasteiger partial charge >= 0.3 is 0 Å². The Hall–Kier alpha value is -2.82. The topological polar surface area (TPSA) is 49.9 Å². The first kappa shape index (κ1) is 16.6. The summed E-state index contributed by atoms with van der Waals surface area (Å²) < 4.78 is 5.17. The molecule has 26 heavy (non-hydrogen) atoms. The molecule has 0 aliphatic carbocycles. The van der Waals surface area contributed by atoms with Crippen LogP contribution in [0.3, 0.4) is 0 Å². The van der Waals surface area contributed by atoms with E-state index in [1.165, 1.54) is 5.56 Å². The predicted octanol–water partition coefficient (Wildman–Crippen LogP) is 2.03. The second-order valence-electron chi connectivity index (χ2n) is 6.87. The number of carbonyl (C=O) groups excluding carboxylic acids is 2. The summed E-state index contributed by atoms with van der Waals surface area (Å²) in [5.41, 5.74) is 3.45. The Morgan fingerprint density at radius 1 is 1.00 bits per heavy atom. The van der Waals surface area contributed by atoms with Gasteiger partial charge in [-0.3, -0.25) is 9.59 Å². The number of amides is 2. The van der Waals surface area contributed by atoms with Gasteiger partial charge in [-0.2, -0.15) is 0 Å². The van der Waals surface area contributed by atoms with Gasteiger partial charge in [0.15, 0.2) is 0 Å². The summed E-state index contributed by atoms with van der Waals surface area (Å²) in [6.07, 6.45) is 1.34. The van der Waals surface area contributed by atoms with E-state index in [0.717, 1.165) is 23.3 Å². The van der Waals surface area contributed by atoms with Gasteiger partial charge in [0.05, 0.1) is 13.7 Å². The third-order valence-corrected chi connectivity index (χ3v) is 5.32. The van der Waals surface area contributed by atoms with E-state index in [-0.39, 0.29) is 24.4 Å².